The fourth-order valence-electron chi connectivity index (χ4n) is 2.49. The minimum Gasteiger partial charge on any atom is -0.302 e. The van der Waals surface area contributed by atoms with Gasteiger partial charge in [-0.15, -0.1) is 11.3 Å². The van der Waals surface area contributed by atoms with Crippen molar-refractivity contribution >= 4 is 27.3 Å². The molecule has 1 aliphatic carbocycles. The molecule has 0 spiro atoms. The molecule has 0 amide bonds. The molecule has 0 saturated heterocycles. The molecular weight excluding hydrogens is 318 g/mol. The van der Waals surface area contributed by atoms with E-state index >= 15 is 0 Å². The van der Waals surface area contributed by atoms with Crippen molar-refractivity contribution in [3.8, 4) is 0 Å². The monoisotopic (exact) mass is 335 g/mol. The second-order valence-electron chi connectivity index (χ2n) is 5.27. The lowest BCUT2D eigenvalue weighted by Gasteiger charge is -2.23. The third-order valence-corrected chi connectivity index (χ3v) is 5.17. The van der Waals surface area contributed by atoms with Crippen molar-refractivity contribution in [2.45, 2.75) is 31.8 Å². The molecule has 3 rings (SSSR count). The highest BCUT2D eigenvalue weighted by molar-refractivity contribution is 9.10. The Kier molecular flexibility index (Phi) is 4.06. The van der Waals surface area contributed by atoms with Gasteiger partial charge in [0.2, 0.25) is 0 Å². The second-order valence-corrected chi connectivity index (χ2v) is 7.17. The van der Waals surface area contributed by atoms with Crippen molar-refractivity contribution in [2.75, 3.05) is 0 Å². The largest absolute Gasteiger partial charge is 0.302 e. The molecule has 0 radical (unpaired) electrons. The first-order chi connectivity index (χ1) is 9.24. The summed E-state index contributed by atoms with van der Waals surface area (Å²) in [7, 11) is 0. The molecule has 100 valence electrons. The second kappa shape index (κ2) is 5.78. The molecule has 1 N–H and O–H groups in total. The summed E-state index contributed by atoms with van der Waals surface area (Å²) in [5.41, 5.74) is 1.34. The lowest BCUT2D eigenvalue weighted by Crippen LogP contribution is -2.25. The van der Waals surface area contributed by atoms with E-state index in [1.807, 2.05) is 11.3 Å². The molecule has 19 heavy (non-hydrogen) atoms. The van der Waals surface area contributed by atoms with Crippen LogP contribution in [-0.4, -0.2) is 0 Å². The van der Waals surface area contributed by atoms with Crippen LogP contribution in [0.5, 0.6) is 0 Å². The van der Waals surface area contributed by atoms with Crippen LogP contribution < -0.4 is 5.32 Å². The molecule has 2 unspecified atom stereocenters. The van der Waals surface area contributed by atoms with E-state index in [-0.39, 0.29) is 0 Å². The Labute approximate surface area is 127 Å². The fourth-order valence-corrected chi connectivity index (χ4v) is 3.79. The van der Waals surface area contributed by atoms with Crippen molar-refractivity contribution in [1.29, 1.82) is 0 Å². The van der Waals surface area contributed by atoms with Crippen molar-refractivity contribution in [1.82, 2.24) is 5.32 Å². The van der Waals surface area contributed by atoms with Gasteiger partial charge in [0.25, 0.3) is 0 Å². The standard InChI is InChI=1S/C16H18BrNS/c1-11(13-4-2-5-14(17)10-13)18-16(12-7-8-12)15-6-3-9-19-15/h2-6,9-12,16,18H,7-8H2,1H3. The fraction of sp³-hybridized carbons (Fsp3) is 0.375. The summed E-state index contributed by atoms with van der Waals surface area (Å²) in [5, 5.41) is 5.99. The number of hydrogen-bond acceptors (Lipinski definition) is 2. The number of hydrogen-bond donors (Lipinski definition) is 1. The summed E-state index contributed by atoms with van der Waals surface area (Å²) in [5.74, 6) is 0.827. The van der Waals surface area contributed by atoms with E-state index in [9.17, 15) is 0 Å². The van der Waals surface area contributed by atoms with E-state index in [1.54, 1.807) is 0 Å². The molecule has 2 aromatic rings. The smallest absolute Gasteiger partial charge is 0.0448 e. The van der Waals surface area contributed by atoms with Gasteiger partial charge in [-0.1, -0.05) is 34.1 Å². The van der Waals surface area contributed by atoms with Crippen LogP contribution in [0.1, 0.15) is 42.3 Å². The highest BCUT2D eigenvalue weighted by Crippen LogP contribution is 2.43. The zero-order chi connectivity index (χ0) is 13.2. The molecule has 1 nitrogen and oxygen atoms in total. The van der Waals surface area contributed by atoms with Crippen LogP contribution in [0.3, 0.4) is 0 Å². The third-order valence-electron chi connectivity index (χ3n) is 3.72. The van der Waals surface area contributed by atoms with Gasteiger partial charge >= 0.3 is 0 Å². The predicted molar refractivity (Wildman–Crippen MR) is 85.5 cm³/mol. The van der Waals surface area contributed by atoms with Gasteiger partial charge in [0.1, 0.15) is 0 Å². The summed E-state index contributed by atoms with van der Waals surface area (Å²) in [6.45, 7) is 2.25. The van der Waals surface area contributed by atoms with Gasteiger partial charge in [0, 0.05) is 21.4 Å². The minimum atomic E-state index is 0.380. The van der Waals surface area contributed by atoms with Gasteiger partial charge in [-0.2, -0.15) is 0 Å². The summed E-state index contributed by atoms with van der Waals surface area (Å²) < 4.78 is 1.15. The lowest BCUT2D eigenvalue weighted by atomic mass is 10.0. The Morgan fingerprint density at radius 2 is 2.11 bits per heavy atom. The average molecular weight is 336 g/mol. The molecule has 1 fully saturated rings. The highest BCUT2D eigenvalue weighted by atomic mass is 79.9. The van der Waals surface area contributed by atoms with Crippen LogP contribution in [0.4, 0.5) is 0 Å². The number of rotatable bonds is 5. The van der Waals surface area contributed by atoms with Crippen molar-refractivity contribution in [2.24, 2.45) is 5.92 Å². The van der Waals surface area contributed by atoms with Gasteiger partial charge in [0.05, 0.1) is 0 Å². The Balaban J connectivity index is 1.75. The summed E-state index contributed by atoms with van der Waals surface area (Å²) in [4.78, 5) is 1.48. The molecule has 2 atom stereocenters. The molecule has 1 saturated carbocycles. The Hall–Kier alpha value is -0.640. The first-order valence-electron chi connectivity index (χ1n) is 6.79. The zero-order valence-electron chi connectivity index (χ0n) is 11.0. The van der Waals surface area contributed by atoms with Crippen molar-refractivity contribution in [3.05, 3.63) is 56.7 Å². The molecule has 3 heteroatoms. The van der Waals surface area contributed by atoms with Gasteiger partial charge in [-0.3, -0.25) is 0 Å². The maximum absolute atomic E-state index is 3.81. The molecule has 1 aromatic heterocycles. The van der Waals surface area contributed by atoms with Crippen molar-refractivity contribution < 1.29 is 0 Å². The van der Waals surface area contributed by atoms with E-state index in [4.69, 9.17) is 0 Å². The molecular formula is C16H18BrNS. The Morgan fingerprint density at radius 3 is 2.74 bits per heavy atom. The van der Waals surface area contributed by atoms with Crippen LogP contribution in [0.2, 0.25) is 0 Å². The van der Waals surface area contributed by atoms with E-state index in [0.29, 0.717) is 12.1 Å². The van der Waals surface area contributed by atoms with E-state index < -0.39 is 0 Å². The van der Waals surface area contributed by atoms with E-state index in [1.165, 1.54) is 23.3 Å². The van der Waals surface area contributed by atoms with Crippen LogP contribution in [0.25, 0.3) is 0 Å². The molecule has 0 aliphatic heterocycles. The molecule has 1 aromatic carbocycles. The summed E-state index contributed by atoms with van der Waals surface area (Å²) in [6.07, 6.45) is 2.72. The molecule has 1 heterocycles. The number of thiophene rings is 1. The van der Waals surface area contributed by atoms with Crippen LogP contribution in [0.15, 0.2) is 46.3 Å². The van der Waals surface area contributed by atoms with Crippen LogP contribution in [0, 0.1) is 5.92 Å². The van der Waals surface area contributed by atoms with E-state index in [0.717, 1.165) is 10.4 Å². The third kappa shape index (κ3) is 3.28. The molecule has 1 aliphatic rings. The van der Waals surface area contributed by atoms with Gasteiger partial charge < -0.3 is 5.32 Å². The number of nitrogens with one attached hydrogen (secondary N) is 1. The van der Waals surface area contributed by atoms with Crippen molar-refractivity contribution in [3.63, 3.8) is 0 Å². The average Bonchev–Trinajstić information content (AvgIpc) is 3.10. The summed E-state index contributed by atoms with van der Waals surface area (Å²) in [6, 6.07) is 13.9. The predicted octanol–water partition coefficient (Wildman–Crippen LogP) is 5.31. The minimum absolute atomic E-state index is 0.380. The Morgan fingerprint density at radius 1 is 1.26 bits per heavy atom. The van der Waals surface area contributed by atoms with Gasteiger partial charge in [0.15, 0.2) is 0 Å². The number of benzene rings is 1. The summed E-state index contributed by atoms with van der Waals surface area (Å²) >= 11 is 5.42. The quantitative estimate of drug-likeness (QED) is 0.780. The molecule has 0 bridgehead atoms. The topological polar surface area (TPSA) is 12.0 Å². The maximum Gasteiger partial charge on any atom is 0.0448 e. The van der Waals surface area contributed by atoms with Gasteiger partial charge in [-0.05, 0) is 54.8 Å². The van der Waals surface area contributed by atoms with E-state index in [2.05, 4.69) is 69.9 Å². The van der Waals surface area contributed by atoms with Crippen LogP contribution in [-0.2, 0) is 0 Å². The normalized spacial score (nSPS) is 18.2. The van der Waals surface area contributed by atoms with Gasteiger partial charge in [-0.25, -0.2) is 0 Å². The number of halogens is 1. The Bertz CT molecular complexity index is 533. The first-order valence-corrected chi connectivity index (χ1v) is 8.46. The highest BCUT2D eigenvalue weighted by Gasteiger charge is 2.33. The van der Waals surface area contributed by atoms with Crippen LogP contribution >= 0.6 is 27.3 Å². The maximum atomic E-state index is 3.81. The zero-order valence-corrected chi connectivity index (χ0v) is 13.4. The first kappa shape index (κ1) is 13.3. The SMILES string of the molecule is CC(NC(c1cccs1)C1CC1)c1cccc(Br)c1. The lowest BCUT2D eigenvalue weighted by molar-refractivity contribution is 0.433.